The van der Waals surface area contributed by atoms with Crippen molar-refractivity contribution in [1.29, 1.82) is 0 Å². The molecule has 0 fully saturated rings. The average molecular weight is 340 g/mol. The monoisotopic (exact) mass is 340 g/mol. The summed E-state index contributed by atoms with van der Waals surface area (Å²) in [7, 11) is -1.76. The standard InChI is InChI=1S/C14H28O7S/c1-13(16)14(4-3-5-15)12-22(17,18)11-10-21-9-8-20-7-6-19-2/h14-15H,3-12H2,1-2H3. The lowest BCUT2D eigenvalue weighted by atomic mass is 10.0. The fraction of sp³-hybridized carbons (Fsp3) is 0.929. The zero-order valence-corrected chi connectivity index (χ0v) is 14.3. The van der Waals surface area contributed by atoms with E-state index < -0.39 is 15.8 Å². The van der Waals surface area contributed by atoms with Gasteiger partial charge in [0.15, 0.2) is 9.84 Å². The summed E-state index contributed by atoms with van der Waals surface area (Å²) < 4.78 is 39.1. The molecule has 0 radical (unpaired) electrons. The first-order valence-corrected chi connectivity index (χ1v) is 9.21. The van der Waals surface area contributed by atoms with Gasteiger partial charge in [-0.2, -0.15) is 0 Å². The fourth-order valence-electron chi connectivity index (χ4n) is 1.78. The van der Waals surface area contributed by atoms with Crippen LogP contribution in [0.25, 0.3) is 0 Å². The molecule has 0 heterocycles. The number of rotatable bonds is 15. The molecule has 0 aliphatic carbocycles. The number of carbonyl (C=O) groups excluding carboxylic acids is 1. The number of Topliss-reactive ketones (excluding diaryl/α,β-unsaturated/α-hetero) is 1. The fourth-order valence-corrected chi connectivity index (χ4v) is 3.33. The van der Waals surface area contributed by atoms with E-state index in [1.165, 1.54) is 6.92 Å². The third-order valence-electron chi connectivity index (χ3n) is 3.08. The summed E-state index contributed by atoms with van der Waals surface area (Å²) in [5.41, 5.74) is 0. The number of hydrogen-bond acceptors (Lipinski definition) is 7. The largest absolute Gasteiger partial charge is 0.396 e. The van der Waals surface area contributed by atoms with Crippen LogP contribution in [0.3, 0.4) is 0 Å². The van der Waals surface area contributed by atoms with E-state index in [2.05, 4.69) is 0 Å². The van der Waals surface area contributed by atoms with Crippen molar-refractivity contribution in [3.05, 3.63) is 0 Å². The van der Waals surface area contributed by atoms with Crippen LogP contribution in [0.4, 0.5) is 0 Å². The first-order valence-electron chi connectivity index (χ1n) is 7.39. The summed E-state index contributed by atoms with van der Waals surface area (Å²) in [6.07, 6.45) is 0.814. The highest BCUT2D eigenvalue weighted by Gasteiger charge is 2.22. The lowest BCUT2D eigenvalue weighted by Crippen LogP contribution is -2.26. The van der Waals surface area contributed by atoms with E-state index in [0.29, 0.717) is 39.3 Å². The van der Waals surface area contributed by atoms with Crippen LogP contribution in [-0.2, 0) is 28.8 Å². The predicted octanol–water partition coefficient (Wildman–Crippen LogP) is 0.0585. The number of ether oxygens (including phenoxy) is 3. The molecule has 8 heteroatoms. The van der Waals surface area contributed by atoms with Gasteiger partial charge in [0.05, 0.1) is 44.5 Å². The molecule has 1 N–H and O–H groups in total. The van der Waals surface area contributed by atoms with Gasteiger partial charge in [-0.05, 0) is 19.8 Å². The number of carbonyl (C=O) groups is 1. The molecule has 0 spiro atoms. The molecule has 0 bridgehead atoms. The Bertz CT molecular complexity index is 381. The zero-order valence-electron chi connectivity index (χ0n) is 13.5. The normalized spacial score (nSPS) is 13.2. The quantitative estimate of drug-likeness (QED) is 0.421. The van der Waals surface area contributed by atoms with E-state index in [1.54, 1.807) is 7.11 Å². The third kappa shape index (κ3) is 12.0. The Balaban J connectivity index is 3.90. The Hall–Kier alpha value is -0.540. The second kappa shape index (κ2) is 13.0. The maximum Gasteiger partial charge on any atom is 0.153 e. The van der Waals surface area contributed by atoms with E-state index in [0.717, 1.165) is 0 Å². The minimum Gasteiger partial charge on any atom is -0.396 e. The number of methoxy groups -OCH3 is 1. The summed E-state index contributed by atoms with van der Waals surface area (Å²) in [5.74, 6) is -1.01. The summed E-state index contributed by atoms with van der Waals surface area (Å²) in [6, 6.07) is 0. The Kier molecular flexibility index (Phi) is 12.6. The Morgan fingerprint density at radius 3 is 2.23 bits per heavy atom. The van der Waals surface area contributed by atoms with E-state index in [9.17, 15) is 13.2 Å². The predicted molar refractivity (Wildman–Crippen MR) is 82.7 cm³/mol. The van der Waals surface area contributed by atoms with Gasteiger partial charge in [-0.25, -0.2) is 8.42 Å². The van der Waals surface area contributed by atoms with Crippen LogP contribution in [0.1, 0.15) is 19.8 Å². The van der Waals surface area contributed by atoms with Crippen LogP contribution in [0.2, 0.25) is 0 Å². The van der Waals surface area contributed by atoms with Crippen LogP contribution in [0, 0.1) is 5.92 Å². The molecular weight excluding hydrogens is 312 g/mol. The number of hydrogen-bond donors (Lipinski definition) is 1. The van der Waals surface area contributed by atoms with Crippen LogP contribution in [0.15, 0.2) is 0 Å². The molecule has 22 heavy (non-hydrogen) atoms. The first kappa shape index (κ1) is 21.5. The molecule has 0 aromatic carbocycles. The van der Waals surface area contributed by atoms with Crippen molar-refractivity contribution in [3.8, 4) is 0 Å². The maximum absolute atomic E-state index is 11.9. The Morgan fingerprint density at radius 1 is 1.09 bits per heavy atom. The van der Waals surface area contributed by atoms with Gasteiger partial charge in [-0.15, -0.1) is 0 Å². The van der Waals surface area contributed by atoms with E-state index in [4.69, 9.17) is 19.3 Å². The second-order valence-corrected chi connectivity index (χ2v) is 7.23. The smallest absolute Gasteiger partial charge is 0.153 e. The summed E-state index contributed by atoms with van der Waals surface area (Å²) in [6.45, 7) is 3.11. The highest BCUT2D eigenvalue weighted by molar-refractivity contribution is 7.91. The molecule has 132 valence electrons. The van der Waals surface area contributed by atoms with E-state index in [-0.39, 0.29) is 30.5 Å². The number of ketones is 1. The van der Waals surface area contributed by atoms with Gasteiger partial charge in [0.25, 0.3) is 0 Å². The van der Waals surface area contributed by atoms with E-state index in [1.807, 2.05) is 0 Å². The van der Waals surface area contributed by atoms with Gasteiger partial charge in [0.2, 0.25) is 0 Å². The van der Waals surface area contributed by atoms with Crippen LogP contribution < -0.4 is 0 Å². The highest BCUT2D eigenvalue weighted by Crippen LogP contribution is 2.11. The molecule has 0 aromatic rings. The van der Waals surface area contributed by atoms with Gasteiger partial charge in [-0.3, -0.25) is 4.79 Å². The molecule has 0 amide bonds. The van der Waals surface area contributed by atoms with Crippen LogP contribution in [0.5, 0.6) is 0 Å². The van der Waals surface area contributed by atoms with Crippen molar-refractivity contribution in [2.24, 2.45) is 5.92 Å². The molecule has 7 nitrogen and oxygen atoms in total. The van der Waals surface area contributed by atoms with Gasteiger partial charge in [0, 0.05) is 19.6 Å². The van der Waals surface area contributed by atoms with Gasteiger partial charge in [-0.1, -0.05) is 0 Å². The summed E-state index contributed by atoms with van der Waals surface area (Å²) >= 11 is 0. The van der Waals surface area contributed by atoms with Gasteiger partial charge < -0.3 is 19.3 Å². The van der Waals surface area contributed by atoms with Gasteiger partial charge in [0.1, 0.15) is 5.78 Å². The van der Waals surface area contributed by atoms with Crippen molar-refractivity contribution in [1.82, 2.24) is 0 Å². The van der Waals surface area contributed by atoms with Crippen LogP contribution in [-0.4, -0.2) is 77.6 Å². The molecule has 1 unspecified atom stereocenters. The molecule has 0 saturated carbocycles. The summed E-state index contributed by atoms with van der Waals surface area (Å²) in [4.78, 5) is 11.4. The second-order valence-electron chi connectivity index (χ2n) is 5.01. The first-order chi connectivity index (χ1) is 10.4. The zero-order chi connectivity index (χ0) is 16.8. The minimum absolute atomic E-state index is 0.0456. The molecule has 1 atom stereocenters. The van der Waals surface area contributed by atoms with Crippen molar-refractivity contribution in [3.63, 3.8) is 0 Å². The lowest BCUT2D eigenvalue weighted by Gasteiger charge is -2.13. The molecular formula is C14H28O7S. The lowest BCUT2D eigenvalue weighted by molar-refractivity contribution is -0.120. The van der Waals surface area contributed by atoms with Gasteiger partial charge >= 0.3 is 0 Å². The number of aliphatic hydroxyl groups excluding tert-OH is 1. The van der Waals surface area contributed by atoms with Crippen molar-refractivity contribution >= 4 is 15.6 Å². The number of sulfone groups is 1. The molecule has 0 aliphatic rings. The van der Waals surface area contributed by atoms with E-state index >= 15 is 0 Å². The molecule has 0 aromatic heterocycles. The summed E-state index contributed by atoms with van der Waals surface area (Å²) in [5, 5.41) is 8.77. The third-order valence-corrected chi connectivity index (χ3v) is 4.78. The maximum atomic E-state index is 11.9. The van der Waals surface area contributed by atoms with Crippen molar-refractivity contribution in [2.75, 3.05) is 58.3 Å². The Labute approximate surface area is 132 Å². The van der Waals surface area contributed by atoms with Crippen molar-refractivity contribution in [2.45, 2.75) is 19.8 Å². The number of aliphatic hydroxyl groups is 1. The average Bonchev–Trinajstić information content (AvgIpc) is 2.46. The SMILES string of the molecule is COCCOCCOCCS(=O)(=O)CC(CCCO)C(C)=O. The van der Waals surface area contributed by atoms with Crippen LogP contribution >= 0.6 is 0 Å². The highest BCUT2D eigenvalue weighted by atomic mass is 32.2. The Morgan fingerprint density at radius 2 is 1.68 bits per heavy atom. The van der Waals surface area contributed by atoms with Crippen molar-refractivity contribution < 1.29 is 32.5 Å². The molecule has 0 rings (SSSR count). The molecule has 0 saturated heterocycles. The minimum atomic E-state index is -3.35. The molecule has 0 aliphatic heterocycles. The topological polar surface area (TPSA) is 99.1 Å².